The van der Waals surface area contributed by atoms with Crippen molar-refractivity contribution >= 4 is 5.69 Å². The maximum atomic E-state index is 12.3. The van der Waals surface area contributed by atoms with Crippen LogP contribution in [0.25, 0.3) is 0 Å². The molecule has 1 fully saturated rings. The Morgan fingerprint density at radius 2 is 2.11 bits per heavy atom. The van der Waals surface area contributed by atoms with Gasteiger partial charge in [-0.3, -0.25) is 14.5 Å². The lowest BCUT2D eigenvalue weighted by Gasteiger charge is -2.10. The predicted octanol–water partition coefficient (Wildman–Crippen LogP) is 2.01. The average molecular weight is 380 g/mol. The number of nitrogens with one attached hydrogen (secondary N) is 1. The van der Waals surface area contributed by atoms with E-state index in [9.17, 15) is 4.79 Å². The minimum absolute atomic E-state index is 0.198. The van der Waals surface area contributed by atoms with Crippen molar-refractivity contribution in [3.8, 4) is 5.88 Å². The summed E-state index contributed by atoms with van der Waals surface area (Å²) in [4.78, 5) is 16.8. The molecule has 0 aromatic carbocycles. The van der Waals surface area contributed by atoms with Crippen molar-refractivity contribution in [2.45, 2.75) is 25.8 Å². The predicted molar refractivity (Wildman–Crippen MR) is 105 cm³/mol. The first kappa shape index (κ1) is 18.2. The Labute approximate surface area is 163 Å². The first-order chi connectivity index (χ1) is 13.5. The highest BCUT2D eigenvalue weighted by atomic mass is 16.5. The Bertz CT molecular complexity index is 1020. The molecule has 146 valence electrons. The number of hydrogen-bond donors (Lipinski definition) is 1. The van der Waals surface area contributed by atoms with Crippen LogP contribution in [0.5, 0.6) is 5.88 Å². The Kier molecular flexibility index (Phi) is 4.85. The minimum Gasteiger partial charge on any atom is -0.476 e. The summed E-state index contributed by atoms with van der Waals surface area (Å²) in [5, 5.41) is 11.6. The Balaban J connectivity index is 1.37. The second-order valence-electron chi connectivity index (χ2n) is 7.33. The van der Waals surface area contributed by atoms with E-state index in [2.05, 4.69) is 32.6 Å². The Hall–Kier alpha value is -3.16. The zero-order valence-corrected chi connectivity index (χ0v) is 16.3. The second kappa shape index (κ2) is 7.46. The lowest BCUT2D eigenvalue weighted by atomic mass is 10.2. The molecule has 3 aromatic rings. The van der Waals surface area contributed by atoms with E-state index in [-0.39, 0.29) is 5.56 Å². The quantitative estimate of drug-likeness (QED) is 0.675. The molecule has 3 heterocycles. The summed E-state index contributed by atoms with van der Waals surface area (Å²) in [6, 6.07) is 7.74. The van der Waals surface area contributed by atoms with Crippen molar-refractivity contribution in [2.75, 3.05) is 11.9 Å². The molecule has 0 bridgehead atoms. The molecule has 1 saturated carbocycles. The van der Waals surface area contributed by atoms with Crippen LogP contribution in [0.4, 0.5) is 5.69 Å². The smallest absolute Gasteiger partial charge is 0.290 e. The zero-order valence-electron chi connectivity index (χ0n) is 16.3. The summed E-state index contributed by atoms with van der Waals surface area (Å²) in [6.45, 7) is 3.06. The van der Waals surface area contributed by atoms with Crippen LogP contribution in [-0.4, -0.2) is 31.2 Å². The van der Waals surface area contributed by atoms with Crippen LogP contribution >= 0.6 is 0 Å². The van der Waals surface area contributed by atoms with Gasteiger partial charge < -0.3 is 10.1 Å². The highest BCUT2D eigenvalue weighted by Gasteiger charge is 2.40. The third-order valence-corrected chi connectivity index (χ3v) is 4.95. The number of rotatable bonds is 7. The molecule has 2 atom stereocenters. The fourth-order valence-electron chi connectivity index (χ4n) is 3.21. The SMILES string of the molecule is Cc1ccc([C@@H]2CC2COc2cc(NCc3ccn(C)n3)c(=O)n(C)n2)nc1. The molecule has 1 N–H and O–H groups in total. The van der Waals surface area contributed by atoms with Gasteiger partial charge in [0.25, 0.3) is 5.56 Å². The van der Waals surface area contributed by atoms with Crippen molar-refractivity contribution in [3.63, 3.8) is 0 Å². The molecule has 0 saturated heterocycles. The molecular weight excluding hydrogens is 356 g/mol. The maximum Gasteiger partial charge on any atom is 0.290 e. The molecule has 0 spiro atoms. The third-order valence-electron chi connectivity index (χ3n) is 4.95. The Morgan fingerprint density at radius 3 is 2.82 bits per heavy atom. The van der Waals surface area contributed by atoms with Gasteiger partial charge in [0.1, 0.15) is 5.69 Å². The molecule has 8 heteroatoms. The number of aromatic nitrogens is 5. The highest BCUT2D eigenvalue weighted by molar-refractivity contribution is 5.43. The number of pyridine rings is 1. The van der Waals surface area contributed by atoms with E-state index in [4.69, 9.17) is 4.74 Å². The van der Waals surface area contributed by atoms with Gasteiger partial charge >= 0.3 is 0 Å². The molecule has 0 amide bonds. The number of hydrogen-bond acceptors (Lipinski definition) is 6. The maximum absolute atomic E-state index is 12.3. The van der Waals surface area contributed by atoms with Crippen molar-refractivity contribution in [1.82, 2.24) is 24.5 Å². The van der Waals surface area contributed by atoms with E-state index < -0.39 is 0 Å². The van der Waals surface area contributed by atoms with Gasteiger partial charge in [-0.2, -0.15) is 5.10 Å². The van der Waals surface area contributed by atoms with Crippen molar-refractivity contribution < 1.29 is 4.74 Å². The summed E-state index contributed by atoms with van der Waals surface area (Å²) < 4.78 is 8.90. The molecule has 1 aliphatic carbocycles. The summed E-state index contributed by atoms with van der Waals surface area (Å²) in [7, 11) is 3.48. The van der Waals surface area contributed by atoms with E-state index in [0.717, 1.165) is 23.4 Å². The van der Waals surface area contributed by atoms with E-state index in [1.807, 2.05) is 32.4 Å². The van der Waals surface area contributed by atoms with E-state index in [1.54, 1.807) is 17.8 Å². The van der Waals surface area contributed by atoms with Gasteiger partial charge in [-0.25, -0.2) is 4.68 Å². The topological polar surface area (TPSA) is 86.9 Å². The van der Waals surface area contributed by atoms with Crippen LogP contribution in [0.3, 0.4) is 0 Å². The van der Waals surface area contributed by atoms with Gasteiger partial charge in [0.05, 0.1) is 18.8 Å². The molecule has 28 heavy (non-hydrogen) atoms. The van der Waals surface area contributed by atoms with Gasteiger partial charge in [0.15, 0.2) is 0 Å². The molecule has 3 aromatic heterocycles. The molecular formula is C20H24N6O2. The molecule has 0 radical (unpaired) electrons. The molecule has 1 aliphatic rings. The van der Waals surface area contributed by atoms with Crippen LogP contribution in [0.15, 0.2) is 41.5 Å². The number of anilines is 1. The van der Waals surface area contributed by atoms with Crippen molar-refractivity contribution in [2.24, 2.45) is 20.0 Å². The standard InChI is InChI=1S/C20H24N6O2/c1-13-4-5-17(21-10-13)16-8-14(16)12-28-19-9-18(20(27)26(3)24-19)22-11-15-6-7-25(2)23-15/h4-7,9-10,14,16,22H,8,11-12H2,1-3H3/t14?,16-/m1/s1. The van der Waals surface area contributed by atoms with Gasteiger partial charge in [0, 0.05) is 50.1 Å². The van der Waals surface area contributed by atoms with Gasteiger partial charge in [-0.05, 0) is 31.0 Å². The zero-order chi connectivity index (χ0) is 19.7. The van der Waals surface area contributed by atoms with E-state index in [0.29, 0.717) is 36.6 Å². The van der Waals surface area contributed by atoms with E-state index >= 15 is 0 Å². The van der Waals surface area contributed by atoms with Crippen LogP contribution in [-0.2, 0) is 20.6 Å². The number of ether oxygens (including phenoxy) is 1. The Morgan fingerprint density at radius 1 is 1.25 bits per heavy atom. The molecule has 8 nitrogen and oxygen atoms in total. The number of aryl methyl sites for hydroxylation is 3. The largest absolute Gasteiger partial charge is 0.476 e. The number of nitrogens with zero attached hydrogens (tertiary/aromatic N) is 5. The summed E-state index contributed by atoms with van der Waals surface area (Å²) >= 11 is 0. The third kappa shape index (κ3) is 4.05. The van der Waals surface area contributed by atoms with Crippen LogP contribution in [0, 0.1) is 12.8 Å². The lowest BCUT2D eigenvalue weighted by Crippen LogP contribution is -2.24. The monoisotopic (exact) mass is 380 g/mol. The summed E-state index contributed by atoms with van der Waals surface area (Å²) in [6.07, 6.45) is 4.83. The second-order valence-corrected chi connectivity index (χ2v) is 7.33. The van der Waals surface area contributed by atoms with Crippen molar-refractivity contribution in [3.05, 3.63) is 64.0 Å². The fourth-order valence-corrected chi connectivity index (χ4v) is 3.21. The first-order valence-corrected chi connectivity index (χ1v) is 9.35. The van der Waals surface area contributed by atoms with E-state index in [1.165, 1.54) is 4.68 Å². The molecule has 0 aliphatic heterocycles. The summed E-state index contributed by atoms with van der Waals surface area (Å²) in [5.74, 6) is 1.31. The minimum atomic E-state index is -0.198. The van der Waals surface area contributed by atoms with Crippen molar-refractivity contribution in [1.29, 1.82) is 0 Å². The highest BCUT2D eigenvalue weighted by Crippen LogP contribution is 2.46. The summed E-state index contributed by atoms with van der Waals surface area (Å²) in [5.41, 5.74) is 3.39. The molecule has 1 unspecified atom stereocenters. The fraction of sp³-hybridized carbons (Fsp3) is 0.400. The van der Waals surface area contributed by atoms with Crippen LogP contribution < -0.4 is 15.6 Å². The van der Waals surface area contributed by atoms with Crippen LogP contribution in [0.2, 0.25) is 0 Å². The van der Waals surface area contributed by atoms with Gasteiger partial charge in [-0.15, -0.1) is 5.10 Å². The van der Waals surface area contributed by atoms with Gasteiger partial charge in [0.2, 0.25) is 5.88 Å². The molecule has 4 rings (SSSR count). The van der Waals surface area contributed by atoms with Crippen LogP contribution in [0.1, 0.15) is 29.3 Å². The van der Waals surface area contributed by atoms with Gasteiger partial charge in [-0.1, -0.05) is 6.07 Å². The normalized spacial score (nSPS) is 18.1. The first-order valence-electron chi connectivity index (χ1n) is 9.35. The lowest BCUT2D eigenvalue weighted by molar-refractivity contribution is 0.278. The average Bonchev–Trinajstić information content (AvgIpc) is 3.34.